The van der Waals surface area contributed by atoms with Gasteiger partial charge in [0.2, 0.25) is 0 Å². The predicted molar refractivity (Wildman–Crippen MR) is 63.0 cm³/mol. The summed E-state index contributed by atoms with van der Waals surface area (Å²) in [6, 6.07) is 6.52. The molecule has 0 aliphatic carbocycles. The fourth-order valence-corrected chi connectivity index (χ4v) is 1.69. The molecule has 0 spiro atoms. The molecule has 5 heteroatoms. The molecule has 0 saturated heterocycles. The van der Waals surface area contributed by atoms with Gasteiger partial charge in [0.25, 0.3) is 0 Å². The molecule has 1 aromatic heterocycles. The van der Waals surface area contributed by atoms with Crippen molar-refractivity contribution < 1.29 is 4.39 Å². The Hall–Kier alpha value is -1.75. The van der Waals surface area contributed by atoms with E-state index in [2.05, 4.69) is 15.6 Å². The normalized spacial score (nSPS) is 10.8. The highest BCUT2D eigenvalue weighted by molar-refractivity contribution is 5.18. The summed E-state index contributed by atoms with van der Waals surface area (Å²) in [6.45, 7) is 3.20. The van der Waals surface area contributed by atoms with Gasteiger partial charge in [-0.05, 0) is 31.7 Å². The van der Waals surface area contributed by atoms with Gasteiger partial charge in [0.1, 0.15) is 5.82 Å². The van der Waals surface area contributed by atoms with Crippen molar-refractivity contribution in [1.29, 1.82) is 0 Å². The van der Waals surface area contributed by atoms with Crippen molar-refractivity contribution in [2.75, 3.05) is 7.05 Å². The second-order valence-electron chi connectivity index (χ2n) is 3.94. The summed E-state index contributed by atoms with van der Waals surface area (Å²) in [5.41, 5.74) is 2.81. The first-order valence-corrected chi connectivity index (χ1v) is 5.48. The summed E-state index contributed by atoms with van der Waals surface area (Å²) >= 11 is 0. The second-order valence-corrected chi connectivity index (χ2v) is 3.94. The van der Waals surface area contributed by atoms with E-state index in [9.17, 15) is 4.39 Å². The smallest absolute Gasteiger partial charge is 0.123 e. The Morgan fingerprint density at radius 1 is 1.41 bits per heavy atom. The lowest BCUT2D eigenvalue weighted by Gasteiger charge is -2.04. The highest BCUT2D eigenvalue weighted by Gasteiger charge is 2.07. The van der Waals surface area contributed by atoms with Crippen LogP contribution in [0.25, 0.3) is 0 Å². The van der Waals surface area contributed by atoms with E-state index in [1.54, 1.807) is 10.7 Å². The van der Waals surface area contributed by atoms with Crippen LogP contribution in [0.1, 0.15) is 17.0 Å². The Labute approximate surface area is 99.5 Å². The van der Waals surface area contributed by atoms with Crippen LogP contribution in [0.4, 0.5) is 4.39 Å². The Morgan fingerprint density at radius 3 is 2.94 bits per heavy atom. The van der Waals surface area contributed by atoms with E-state index in [0.29, 0.717) is 13.1 Å². The van der Waals surface area contributed by atoms with E-state index in [1.165, 1.54) is 12.1 Å². The highest BCUT2D eigenvalue weighted by atomic mass is 19.1. The number of hydrogen-bond donors (Lipinski definition) is 1. The van der Waals surface area contributed by atoms with Crippen LogP contribution in [0.5, 0.6) is 0 Å². The first-order valence-electron chi connectivity index (χ1n) is 5.48. The summed E-state index contributed by atoms with van der Waals surface area (Å²) in [5.74, 6) is -0.226. The van der Waals surface area contributed by atoms with Gasteiger partial charge in [-0.15, -0.1) is 5.10 Å². The van der Waals surface area contributed by atoms with Gasteiger partial charge in [0, 0.05) is 6.54 Å². The number of aromatic nitrogens is 3. The molecule has 0 amide bonds. The lowest BCUT2D eigenvalue weighted by Crippen LogP contribution is -2.08. The number of rotatable bonds is 4. The first kappa shape index (κ1) is 11.7. The molecule has 2 rings (SSSR count). The summed E-state index contributed by atoms with van der Waals surface area (Å²) < 4.78 is 14.8. The topological polar surface area (TPSA) is 42.7 Å². The molecule has 2 aromatic rings. The molecule has 0 atom stereocenters. The third-order valence-corrected chi connectivity index (χ3v) is 2.64. The van der Waals surface area contributed by atoms with E-state index >= 15 is 0 Å². The summed E-state index contributed by atoms with van der Waals surface area (Å²) in [5, 5.41) is 11.2. The molecule has 0 aliphatic heterocycles. The van der Waals surface area contributed by atoms with E-state index in [-0.39, 0.29) is 5.82 Å². The highest BCUT2D eigenvalue weighted by Crippen LogP contribution is 2.09. The molecule has 1 N–H and O–H groups in total. The maximum Gasteiger partial charge on any atom is 0.123 e. The molecule has 0 radical (unpaired) electrons. The van der Waals surface area contributed by atoms with Crippen molar-refractivity contribution >= 4 is 0 Å². The molecule has 0 unspecified atom stereocenters. The van der Waals surface area contributed by atoms with Crippen molar-refractivity contribution in [3.63, 3.8) is 0 Å². The van der Waals surface area contributed by atoms with Crippen molar-refractivity contribution in [1.82, 2.24) is 20.3 Å². The third-order valence-electron chi connectivity index (χ3n) is 2.64. The van der Waals surface area contributed by atoms with Crippen LogP contribution in [0, 0.1) is 12.7 Å². The number of nitrogens with zero attached hydrogens (tertiary/aromatic N) is 3. The minimum atomic E-state index is -0.226. The Morgan fingerprint density at radius 2 is 2.24 bits per heavy atom. The Balaban J connectivity index is 2.19. The quantitative estimate of drug-likeness (QED) is 0.871. The zero-order chi connectivity index (χ0) is 12.3. The van der Waals surface area contributed by atoms with Gasteiger partial charge < -0.3 is 5.32 Å². The molecule has 4 nitrogen and oxygen atoms in total. The van der Waals surface area contributed by atoms with Gasteiger partial charge in [0.05, 0.1) is 17.9 Å². The van der Waals surface area contributed by atoms with Crippen LogP contribution in [0.2, 0.25) is 0 Å². The van der Waals surface area contributed by atoms with Crippen molar-refractivity contribution in [3.05, 3.63) is 47.0 Å². The number of halogens is 1. The average Bonchev–Trinajstić information content (AvgIpc) is 2.62. The molecular formula is C12H15FN4. The fourth-order valence-electron chi connectivity index (χ4n) is 1.69. The minimum Gasteiger partial charge on any atom is -0.314 e. The lowest BCUT2D eigenvalue weighted by molar-refractivity contribution is 0.609. The maximum absolute atomic E-state index is 13.0. The molecule has 0 aliphatic rings. The molecule has 0 bridgehead atoms. The second kappa shape index (κ2) is 5.05. The summed E-state index contributed by atoms with van der Waals surface area (Å²) in [6.07, 6.45) is 0. The van der Waals surface area contributed by atoms with E-state index in [0.717, 1.165) is 17.0 Å². The van der Waals surface area contributed by atoms with Gasteiger partial charge in [-0.3, -0.25) is 0 Å². The largest absolute Gasteiger partial charge is 0.314 e. The molecule has 17 heavy (non-hydrogen) atoms. The van der Waals surface area contributed by atoms with Crippen molar-refractivity contribution in [3.8, 4) is 0 Å². The molecule has 0 saturated carbocycles. The van der Waals surface area contributed by atoms with Crippen LogP contribution < -0.4 is 5.32 Å². The molecule has 90 valence electrons. The monoisotopic (exact) mass is 234 g/mol. The van der Waals surface area contributed by atoms with Crippen LogP contribution in [0.15, 0.2) is 24.3 Å². The molecule has 0 fully saturated rings. The average molecular weight is 234 g/mol. The van der Waals surface area contributed by atoms with Crippen LogP contribution >= 0.6 is 0 Å². The lowest BCUT2D eigenvalue weighted by atomic mass is 10.2. The Bertz CT molecular complexity index is 507. The van der Waals surface area contributed by atoms with Gasteiger partial charge in [-0.2, -0.15) is 0 Å². The number of nitrogens with one attached hydrogen (secondary N) is 1. The molecule has 1 aromatic carbocycles. The van der Waals surface area contributed by atoms with Crippen LogP contribution in [0.3, 0.4) is 0 Å². The standard InChI is InChI=1S/C12H15FN4/c1-9-12(7-14-2)15-16-17(9)8-10-4-3-5-11(13)6-10/h3-6,14H,7-8H2,1-2H3. The van der Waals surface area contributed by atoms with E-state index in [4.69, 9.17) is 0 Å². The first-order chi connectivity index (χ1) is 8.20. The minimum absolute atomic E-state index is 0.226. The zero-order valence-corrected chi connectivity index (χ0v) is 9.94. The Kier molecular flexibility index (Phi) is 3.49. The van der Waals surface area contributed by atoms with Crippen molar-refractivity contribution in [2.24, 2.45) is 0 Å². The predicted octanol–water partition coefficient (Wildman–Crippen LogP) is 1.49. The third kappa shape index (κ3) is 2.68. The molecular weight excluding hydrogens is 219 g/mol. The number of benzene rings is 1. The maximum atomic E-state index is 13.0. The summed E-state index contributed by atoms with van der Waals surface area (Å²) in [7, 11) is 1.87. The van der Waals surface area contributed by atoms with Crippen LogP contribution in [-0.4, -0.2) is 22.0 Å². The summed E-state index contributed by atoms with van der Waals surface area (Å²) in [4.78, 5) is 0. The SMILES string of the molecule is CNCc1nnn(Cc2cccc(F)c2)c1C. The zero-order valence-electron chi connectivity index (χ0n) is 9.94. The van der Waals surface area contributed by atoms with E-state index < -0.39 is 0 Å². The van der Waals surface area contributed by atoms with Crippen molar-refractivity contribution in [2.45, 2.75) is 20.0 Å². The van der Waals surface area contributed by atoms with E-state index in [1.807, 2.05) is 20.0 Å². The van der Waals surface area contributed by atoms with Gasteiger partial charge >= 0.3 is 0 Å². The van der Waals surface area contributed by atoms with Crippen LogP contribution in [-0.2, 0) is 13.1 Å². The van der Waals surface area contributed by atoms with Gasteiger partial charge in [0.15, 0.2) is 0 Å². The fraction of sp³-hybridized carbons (Fsp3) is 0.333. The molecule has 1 heterocycles. The number of hydrogen-bond acceptors (Lipinski definition) is 3. The van der Waals surface area contributed by atoms with Gasteiger partial charge in [-0.1, -0.05) is 17.3 Å². The van der Waals surface area contributed by atoms with Gasteiger partial charge in [-0.25, -0.2) is 9.07 Å².